The van der Waals surface area contributed by atoms with Gasteiger partial charge in [-0.15, -0.1) is 5.56 Å². The molecule has 1 aliphatic heterocycles. The second-order valence-corrected chi connectivity index (χ2v) is 4.34. The van der Waals surface area contributed by atoms with E-state index < -0.39 is 5.97 Å². The summed E-state index contributed by atoms with van der Waals surface area (Å²) in [6.07, 6.45) is 0.513. The number of nitrogens with zero attached hydrogens (tertiary/aromatic N) is 2. The van der Waals surface area contributed by atoms with E-state index in [2.05, 4.69) is 0 Å². The third kappa shape index (κ3) is 4.49. The van der Waals surface area contributed by atoms with Crippen LogP contribution in [-0.2, 0) is 36.4 Å². The van der Waals surface area contributed by atoms with Gasteiger partial charge in [-0.1, -0.05) is 25.1 Å². The number of carbonyl (C=O) groups is 2. The van der Waals surface area contributed by atoms with Gasteiger partial charge in [-0.05, 0) is 0 Å². The molecule has 0 fully saturated rings. The molecule has 0 bridgehead atoms. The number of nitriles is 1. The van der Waals surface area contributed by atoms with Gasteiger partial charge in [-0.3, -0.25) is 4.79 Å². The molecule has 0 atom stereocenters. The normalized spacial score (nSPS) is 12.2. The molecule has 1 amide bonds. The summed E-state index contributed by atoms with van der Waals surface area (Å²) in [4.78, 5) is 23.6. The molecule has 7 heteroatoms. The van der Waals surface area contributed by atoms with Gasteiger partial charge in [0, 0.05) is 27.0 Å². The average Bonchev–Trinajstić information content (AvgIpc) is 2.44. The minimum Gasteiger partial charge on any atom is -0.484 e. The van der Waals surface area contributed by atoms with E-state index in [1.165, 1.54) is 4.90 Å². The van der Waals surface area contributed by atoms with E-state index in [-0.39, 0.29) is 39.4 Å². The molecule has 1 aliphatic rings. The first-order valence-electron chi connectivity index (χ1n) is 6.09. The zero-order valence-electron chi connectivity index (χ0n) is 11.1. The van der Waals surface area contributed by atoms with Crippen LogP contribution in [-0.4, -0.2) is 35.0 Å². The van der Waals surface area contributed by atoms with Crippen LogP contribution in [0, 0.1) is 17.9 Å². The molecule has 0 aliphatic carbocycles. The Kier molecular flexibility index (Phi) is 6.23. The third-order valence-corrected chi connectivity index (χ3v) is 2.94. The molecule has 0 spiro atoms. The van der Waals surface area contributed by atoms with Crippen LogP contribution in [0.1, 0.15) is 17.5 Å². The number of aliphatic carboxylic acids is 1. The number of carboxylic acids is 1. The number of hydrogen-bond acceptors (Lipinski definition) is 4. The monoisotopic (exact) mass is 460 g/mol. The minimum absolute atomic E-state index is 0. The fraction of sp³-hybridized carbons (Fsp3) is 0.286. The SMILES string of the molecule is N#CCC(=O)N1[CH-]c2ccc(OCC(=O)O)cc2CC1.[Re]. The predicted octanol–water partition coefficient (Wildman–Crippen LogP) is 0.956. The van der Waals surface area contributed by atoms with Crippen LogP contribution in [0.25, 0.3) is 0 Å². The zero-order chi connectivity index (χ0) is 14.5. The van der Waals surface area contributed by atoms with E-state index in [0.29, 0.717) is 18.7 Å². The van der Waals surface area contributed by atoms with Gasteiger partial charge in [0.15, 0.2) is 6.61 Å². The summed E-state index contributed by atoms with van der Waals surface area (Å²) in [7, 11) is 0. The molecule has 0 saturated heterocycles. The Bertz CT molecular complexity index is 583. The first kappa shape index (κ1) is 17.0. The van der Waals surface area contributed by atoms with Crippen molar-refractivity contribution in [3.05, 3.63) is 35.9 Å². The Morgan fingerprint density at radius 3 is 2.90 bits per heavy atom. The smallest absolute Gasteiger partial charge is 0.341 e. The maximum absolute atomic E-state index is 11.6. The van der Waals surface area contributed by atoms with Gasteiger partial charge < -0.3 is 14.7 Å². The molecule has 1 aromatic carbocycles. The van der Waals surface area contributed by atoms with Crippen LogP contribution in [0.4, 0.5) is 0 Å². The van der Waals surface area contributed by atoms with Crippen LogP contribution < -0.4 is 4.74 Å². The van der Waals surface area contributed by atoms with E-state index in [4.69, 9.17) is 15.1 Å². The molecule has 1 N–H and O–H groups in total. The summed E-state index contributed by atoms with van der Waals surface area (Å²) >= 11 is 0. The first-order valence-corrected chi connectivity index (χ1v) is 6.09. The topological polar surface area (TPSA) is 90.6 Å². The van der Waals surface area contributed by atoms with Gasteiger partial charge in [-0.25, -0.2) is 4.79 Å². The molecule has 2 rings (SSSR count). The molecular formula is C14H13N2O4Re-. The Balaban J connectivity index is 0.00000220. The van der Waals surface area contributed by atoms with Crippen molar-refractivity contribution in [3.63, 3.8) is 0 Å². The van der Waals surface area contributed by atoms with Crippen LogP contribution in [0.2, 0.25) is 0 Å². The van der Waals surface area contributed by atoms with Crippen molar-refractivity contribution in [1.29, 1.82) is 5.26 Å². The Labute approximate surface area is 136 Å². The van der Waals surface area contributed by atoms with Crippen LogP contribution >= 0.6 is 0 Å². The molecule has 0 unspecified atom stereocenters. The van der Waals surface area contributed by atoms with Gasteiger partial charge in [0.1, 0.15) is 6.42 Å². The number of rotatable bonds is 4. The molecule has 1 radical (unpaired) electrons. The average molecular weight is 459 g/mol. The van der Waals surface area contributed by atoms with Gasteiger partial charge in [0.2, 0.25) is 5.91 Å². The fourth-order valence-corrected chi connectivity index (χ4v) is 2.00. The van der Waals surface area contributed by atoms with E-state index in [1.54, 1.807) is 24.7 Å². The summed E-state index contributed by atoms with van der Waals surface area (Å²) in [5.74, 6) is -0.747. The molecule has 1 heterocycles. The molecular weight excluding hydrogens is 446 g/mol. The largest absolute Gasteiger partial charge is 0.484 e. The van der Waals surface area contributed by atoms with Crippen molar-refractivity contribution in [2.45, 2.75) is 12.8 Å². The van der Waals surface area contributed by atoms with Gasteiger partial charge >= 0.3 is 5.97 Å². The second-order valence-electron chi connectivity index (χ2n) is 4.34. The summed E-state index contributed by atoms with van der Waals surface area (Å²) in [5.41, 5.74) is 1.87. The molecule has 1 aromatic rings. The van der Waals surface area contributed by atoms with Gasteiger partial charge in [0.05, 0.1) is 11.8 Å². The number of amides is 1. The molecule has 0 saturated carbocycles. The number of hydrogen-bond donors (Lipinski definition) is 1. The van der Waals surface area contributed by atoms with E-state index in [0.717, 1.165) is 11.1 Å². The molecule has 0 aromatic heterocycles. The maximum atomic E-state index is 11.6. The number of fused-ring (bicyclic) bond motifs is 1. The second kappa shape index (κ2) is 7.68. The van der Waals surface area contributed by atoms with Crippen molar-refractivity contribution in [2.75, 3.05) is 13.2 Å². The van der Waals surface area contributed by atoms with Gasteiger partial charge in [-0.2, -0.15) is 16.9 Å². The fourth-order valence-electron chi connectivity index (χ4n) is 2.00. The molecule has 6 nitrogen and oxygen atoms in total. The van der Waals surface area contributed by atoms with E-state index in [9.17, 15) is 9.59 Å². The minimum atomic E-state index is -1.03. The standard InChI is InChI=1S/C14H13N2O4.Re/c15-5-3-13(17)16-6-4-10-7-12(20-9-14(18)19)2-1-11(10)8-16;/h1-2,7-8H,3-4,6,9H2,(H,18,19);/q-1;. The number of carbonyl (C=O) groups excluding carboxylic acids is 1. The quantitative estimate of drug-likeness (QED) is 0.678. The number of benzene rings is 1. The van der Waals surface area contributed by atoms with Crippen molar-refractivity contribution < 1.29 is 39.9 Å². The van der Waals surface area contributed by atoms with E-state index in [1.807, 2.05) is 6.07 Å². The Morgan fingerprint density at radius 1 is 1.48 bits per heavy atom. The van der Waals surface area contributed by atoms with Crippen LogP contribution in [0.5, 0.6) is 5.75 Å². The van der Waals surface area contributed by atoms with Gasteiger partial charge in [0.25, 0.3) is 0 Å². The Hall–Kier alpha value is -2.02. The van der Waals surface area contributed by atoms with Crippen molar-refractivity contribution >= 4 is 11.9 Å². The number of carboxylic acid groups (broad SMARTS) is 1. The van der Waals surface area contributed by atoms with Crippen LogP contribution in [0.3, 0.4) is 0 Å². The van der Waals surface area contributed by atoms with Crippen LogP contribution in [0.15, 0.2) is 18.2 Å². The first-order chi connectivity index (χ1) is 9.60. The molecule has 111 valence electrons. The Morgan fingerprint density at radius 2 is 2.24 bits per heavy atom. The van der Waals surface area contributed by atoms with Crippen molar-refractivity contribution in [2.24, 2.45) is 0 Å². The predicted molar refractivity (Wildman–Crippen MR) is 68.6 cm³/mol. The molecule has 21 heavy (non-hydrogen) atoms. The summed E-state index contributed by atoms with van der Waals surface area (Å²) in [6.45, 7) is 1.84. The van der Waals surface area contributed by atoms with Crippen molar-refractivity contribution in [3.8, 4) is 11.8 Å². The summed E-state index contributed by atoms with van der Waals surface area (Å²) in [6, 6.07) is 7.06. The van der Waals surface area contributed by atoms with E-state index >= 15 is 0 Å². The summed E-state index contributed by atoms with van der Waals surface area (Å²) < 4.78 is 5.11. The summed E-state index contributed by atoms with van der Waals surface area (Å²) in [5, 5.41) is 17.1. The number of ether oxygens (including phenoxy) is 1. The third-order valence-electron chi connectivity index (χ3n) is 2.94. The van der Waals surface area contributed by atoms with Crippen molar-refractivity contribution in [1.82, 2.24) is 4.90 Å². The maximum Gasteiger partial charge on any atom is 0.341 e. The zero-order valence-corrected chi connectivity index (χ0v) is 13.8.